The molecule has 1 aromatic heterocycles. The van der Waals surface area contributed by atoms with Crippen LogP contribution in [0.2, 0.25) is 0 Å². The minimum absolute atomic E-state index is 0.114. The molecule has 0 atom stereocenters. The number of carbonyl (C=O) groups excluding carboxylic acids is 1. The van der Waals surface area contributed by atoms with Crippen molar-refractivity contribution in [2.75, 3.05) is 5.32 Å². The molecular weight excluding hydrogens is 206 g/mol. The summed E-state index contributed by atoms with van der Waals surface area (Å²) in [6, 6.07) is 7.84. The van der Waals surface area contributed by atoms with Crippen LogP contribution in [0.1, 0.15) is 12.5 Å². The van der Waals surface area contributed by atoms with Crippen LogP contribution in [0.4, 0.5) is 6.01 Å². The Bertz CT molecular complexity index is 502. The van der Waals surface area contributed by atoms with Gasteiger partial charge in [-0.05, 0) is 6.92 Å². The molecule has 5 heteroatoms. The second-order valence-corrected chi connectivity index (χ2v) is 3.47. The number of aryl methyl sites for hydroxylation is 1. The lowest BCUT2D eigenvalue weighted by atomic mass is 10.1. The molecule has 1 amide bonds. The van der Waals surface area contributed by atoms with Gasteiger partial charge in [0.25, 0.3) is 0 Å². The molecule has 0 radical (unpaired) electrons. The van der Waals surface area contributed by atoms with Crippen LogP contribution in [0.15, 0.2) is 28.8 Å². The third-order valence-electron chi connectivity index (χ3n) is 2.02. The Labute approximate surface area is 92.5 Å². The minimum atomic E-state index is -0.237. The Morgan fingerprint density at radius 2 is 2.00 bits per heavy atom. The van der Waals surface area contributed by atoms with Crippen LogP contribution in [0.5, 0.6) is 0 Å². The highest BCUT2D eigenvalue weighted by molar-refractivity contribution is 5.86. The molecule has 0 bridgehead atoms. The molecule has 2 rings (SSSR count). The van der Waals surface area contributed by atoms with Crippen molar-refractivity contribution in [1.82, 2.24) is 10.1 Å². The normalized spacial score (nSPS) is 10.1. The first-order valence-electron chi connectivity index (χ1n) is 4.83. The number of nitrogens with zero attached hydrogens (tertiary/aromatic N) is 2. The van der Waals surface area contributed by atoms with E-state index in [1.54, 1.807) is 0 Å². The number of hydrogen-bond donors (Lipinski definition) is 1. The van der Waals surface area contributed by atoms with Crippen molar-refractivity contribution in [3.63, 3.8) is 0 Å². The zero-order valence-corrected chi connectivity index (χ0v) is 9.02. The molecule has 2 aromatic rings. The van der Waals surface area contributed by atoms with E-state index in [2.05, 4.69) is 15.5 Å². The van der Waals surface area contributed by atoms with Crippen LogP contribution in [0, 0.1) is 6.92 Å². The highest BCUT2D eigenvalue weighted by atomic mass is 16.5. The molecule has 0 aliphatic rings. The van der Waals surface area contributed by atoms with Crippen molar-refractivity contribution in [2.24, 2.45) is 0 Å². The summed E-state index contributed by atoms with van der Waals surface area (Å²) in [4.78, 5) is 14.8. The Hall–Kier alpha value is -2.17. The molecule has 0 spiro atoms. The number of carbonyl (C=O) groups is 1. The van der Waals surface area contributed by atoms with E-state index in [1.807, 2.05) is 31.2 Å². The predicted octanol–water partition coefficient (Wildman–Crippen LogP) is 2.00. The Balaban J connectivity index is 2.24. The summed E-state index contributed by atoms with van der Waals surface area (Å²) in [5.41, 5.74) is 2.01. The van der Waals surface area contributed by atoms with Gasteiger partial charge in [0.15, 0.2) is 0 Å². The lowest BCUT2D eigenvalue weighted by molar-refractivity contribution is -0.114. The quantitative estimate of drug-likeness (QED) is 0.835. The third-order valence-corrected chi connectivity index (χ3v) is 2.02. The maximum Gasteiger partial charge on any atom is 0.328 e. The average Bonchev–Trinajstić information content (AvgIpc) is 2.66. The molecule has 1 aromatic carbocycles. The summed E-state index contributed by atoms with van der Waals surface area (Å²) in [5.74, 6) is 0.225. The molecule has 0 saturated heterocycles. The number of aromatic nitrogens is 2. The maximum absolute atomic E-state index is 10.8. The molecule has 0 unspecified atom stereocenters. The van der Waals surface area contributed by atoms with Gasteiger partial charge in [0.2, 0.25) is 11.7 Å². The Morgan fingerprint density at radius 1 is 1.31 bits per heavy atom. The van der Waals surface area contributed by atoms with E-state index in [9.17, 15) is 4.79 Å². The van der Waals surface area contributed by atoms with Crippen molar-refractivity contribution in [2.45, 2.75) is 13.8 Å². The van der Waals surface area contributed by atoms with Gasteiger partial charge in [0.05, 0.1) is 0 Å². The van der Waals surface area contributed by atoms with Crippen molar-refractivity contribution in [1.29, 1.82) is 0 Å². The molecule has 0 aliphatic carbocycles. The van der Waals surface area contributed by atoms with Gasteiger partial charge in [-0.15, -0.1) is 0 Å². The first kappa shape index (κ1) is 10.4. The van der Waals surface area contributed by atoms with E-state index < -0.39 is 0 Å². The monoisotopic (exact) mass is 217 g/mol. The summed E-state index contributed by atoms with van der Waals surface area (Å²) in [6.07, 6.45) is 0. The second-order valence-electron chi connectivity index (χ2n) is 3.47. The van der Waals surface area contributed by atoms with Crippen molar-refractivity contribution in [3.05, 3.63) is 29.8 Å². The van der Waals surface area contributed by atoms with Gasteiger partial charge >= 0.3 is 6.01 Å². The van der Waals surface area contributed by atoms with Crippen LogP contribution in [0.25, 0.3) is 11.4 Å². The van der Waals surface area contributed by atoms with Gasteiger partial charge < -0.3 is 4.52 Å². The zero-order valence-electron chi connectivity index (χ0n) is 9.02. The topological polar surface area (TPSA) is 68.0 Å². The van der Waals surface area contributed by atoms with Crippen LogP contribution in [-0.2, 0) is 4.79 Å². The van der Waals surface area contributed by atoms with Gasteiger partial charge in [-0.2, -0.15) is 4.98 Å². The molecule has 0 aliphatic heterocycles. The fraction of sp³-hybridized carbons (Fsp3) is 0.182. The van der Waals surface area contributed by atoms with Gasteiger partial charge in [-0.1, -0.05) is 35.0 Å². The minimum Gasteiger partial charge on any atom is -0.315 e. The lowest BCUT2D eigenvalue weighted by Crippen LogP contribution is -2.05. The molecular formula is C11H11N3O2. The van der Waals surface area contributed by atoms with Crippen LogP contribution in [0.3, 0.4) is 0 Å². The molecule has 1 N–H and O–H groups in total. The number of anilines is 1. The van der Waals surface area contributed by atoms with Crippen LogP contribution >= 0.6 is 0 Å². The number of nitrogens with one attached hydrogen (secondary N) is 1. The van der Waals surface area contributed by atoms with Crippen molar-refractivity contribution >= 4 is 11.9 Å². The highest BCUT2D eigenvalue weighted by Crippen LogP contribution is 2.17. The highest BCUT2D eigenvalue weighted by Gasteiger charge is 2.08. The fourth-order valence-electron chi connectivity index (χ4n) is 1.24. The number of benzene rings is 1. The molecule has 5 nitrogen and oxygen atoms in total. The number of hydrogen-bond acceptors (Lipinski definition) is 4. The summed E-state index contributed by atoms with van der Waals surface area (Å²) in [6.45, 7) is 3.39. The number of amides is 1. The molecule has 82 valence electrons. The fourth-order valence-corrected chi connectivity index (χ4v) is 1.24. The summed E-state index contributed by atoms with van der Waals surface area (Å²) in [7, 11) is 0. The van der Waals surface area contributed by atoms with Crippen LogP contribution < -0.4 is 5.32 Å². The molecule has 16 heavy (non-hydrogen) atoms. The van der Waals surface area contributed by atoms with Crippen LogP contribution in [-0.4, -0.2) is 16.0 Å². The largest absolute Gasteiger partial charge is 0.328 e. The van der Waals surface area contributed by atoms with Gasteiger partial charge in [-0.3, -0.25) is 10.1 Å². The molecule has 0 saturated carbocycles. The maximum atomic E-state index is 10.8. The number of rotatable bonds is 2. The predicted molar refractivity (Wildman–Crippen MR) is 58.8 cm³/mol. The molecule has 1 heterocycles. The van der Waals surface area contributed by atoms with Gasteiger partial charge in [0.1, 0.15) is 0 Å². The Morgan fingerprint density at radius 3 is 2.62 bits per heavy atom. The summed E-state index contributed by atoms with van der Waals surface area (Å²) >= 11 is 0. The van der Waals surface area contributed by atoms with E-state index in [1.165, 1.54) is 6.92 Å². The van der Waals surface area contributed by atoms with E-state index in [4.69, 9.17) is 4.52 Å². The lowest BCUT2D eigenvalue weighted by Gasteiger charge is -1.94. The van der Waals surface area contributed by atoms with Gasteiger partial charge in [-0.25, -0.2) is 0 Å². The van der Waals surface area contributed by atoms with Crippen molar-refractivity contribution < 1.29 is 9.32 Å². The van der Waals surface area contributed by atoms with E-state index >= 15 is 0 Å². The third kappa shape index (κ3) is 2.25. The second kappa shape index (κ2) is 4.14. The van der Waals surface area contributed by atoms with E-state index in [-0.39, 0.29) is 11.9 Å². The Kier molecular flexibility index (Phi) is 2.68. The van der Waals surface area contributed by atoms with Crippen molar-refractivity contribution in [3.8, 4) is 11.4 Å². The first-order chi connectivity index (χ1) is 7.65. The zero-order chi connectivity index (χ0) is 11.5. The standard InChI is InChI=1S/C11H11N3O2/c1-7-3-5-9(6-4-7)10-13-11(16-14-10)12-8(2)15/h3-6H,1-2H3,(H,12,13,14,15). The smallest absolute Gasteiger partial charge is 0.315 e. The average molecular weight is 217 g/mol. The summed E-state index contributed by atoms with van der Waals surface area (Å²) in [5, 5.41) is 6.20. The van der Waals surface area contributed by atoms with E-state index in [0.29, 0.717) is 5.82 Å². The SMILES string of the molecule is CC(=O)Nc1nc(-c2ccc(C)cc2)no1. The van der Waals surface area contributed by atoms with Gasteiger partial charge in [0, 0.05) is 12.5 Å². The first-order valence-corrected chi connectivity index (χ1v) is 4.83. The molecule has 0 fully saturated rings. The van der Waals surface area contributed by atoms with E-state index in [0.717, 1.165) is 11.1 Å². The summed E-state index contributed by atoms with van der Waals surface area (Å²) < 4.78 is 4.87.